The molecule has 2 aromatic heterocycles. The molecule has 0 saturated carbocycles. The number of hydrogen-bond acceptors (Lipinski definition) is 5. The van der Waals surface area contributed by atoms with Crippen molar-refractivity contribution in [3.63, 3.8) is 0 Å². The lowest BCUT2D eigenvalue weighted by Gasteiger charge is -2.42. The fourth-order valence-electron chi connectivity index (χ4n) is 3.79. The number of aromatic nitrogens is 2. The molecule has 4 rings (SSSR count). The number of aliphatic hydroxyl groups excluding tert-OH is 1. The number of hydrogen-bond donors (Lipinski definition) is 2. The van der Waals surface area contributed by atoms with Crippen LogP contribution in [0.2, 0.25) is 5.15 Å². The number of ether oxygens (including phenoxy) is 1. The molecule has 1 aliphatic heterocycles. The number of benzene rings is 1. The van der Waals surface area contributed by atoms with Crippen LogP contribution >= 0.6 is 11.6 Å². The first kappa shape index (κ1) is 19.1. The van der Waals surface area contributed by atoms with Gasteiger partial charge in [0.2, 0.25) is 0 Å². The molecule has 0 radical (unpaired) electrons. The summed E-state index contributed by atoms with van der Waals surface area (Å²) in [7, 11) is 0. The molecule has 0 amide bonds. The average molecular weight is 398 g/mol. The van der Waals surface area contributed by atoms with Crippen molar-refractivity contribution in [1.29, 1.82) is 0 Å². The van der Waals surface area contributed by atoms with Crippen molar-refractivity contribution >= 4 is 22.5 Å². The van der Waals surface area contributed by atoms with E-state index in [0.717, 1.165) is 40.7 Å². The van der Waals surface area contributed by atoms with Gasteiger partial charge in [-0.1, -0.05) is 11.6 Å². The maximum absolute atomic E-state index is 11.0. The van der Waals surface area contributed by atoms with E-state index in [1.165, 1.54) is 5.56 Å². The van der Waals surface area contributed by atoms with E-state index in [4.69, 9.17) is 16.3 Å². The van der Waals surface area contributed by atoms with E-state index in [9.17, 15) is 5.11 Å². The number of halogens is 1. The van der Waals surface area contributed by atoms with Crippen LogP contribution in [0.1, 0.15) is 36.6 Å². The van der Waals surface area contributed by atoms with Gasteiger partial charge in [0.1, 0.15) is 22.6 Å². The minimum atomic E-state index is -0.706. The highest BCUT2D eigenvalue weighted by Gasteiger charge is 2.42. The van der Waals surface area contributed by atoms with Crippen LogP contribution < -0.4 is 10.1 Å². The smallest absolute Gasteiger partial charge is 0.131 e. The second-order valence-corrected chi connectivity index (χ2v) is 8.24. The van der Waals surface area contributed by atoms with Crippen molar-refractivity contribution in [2.75, 3.05) is 6.54 Å². The van der Waals surface area contributed by atoms with Crippen molar-refractivity contribution in [2.24, 2.45) is 0 Å². The third-order valence-corrected chi connectivity index (χ3v) is 5.57. The van der Waals surface area contributed by atoms with Crippen molar-refractivity contribution in [3.8, 4) is 5.75 Å². The quantitative estimate of drug-likeness (QED) is 0.651. The van der Waals surface area contributed by atoms with E-state index in [2.05, 4.69) is 15.3 Å². The highest BCUT2D eigenvalue weighted by molar-refractivity contribution is 6.29. The Morgan fingerprint density at radius 2 is 1.96 bits per heavy atom. The summed E-state index contributed by atoms with van der Waals surface area (Å²) in [6.45, 7) is 6.56. The Kier molecular flexibility index (Phi) is 5.00. The van der Waals surface area contributed by atoms with Crippen LogP contribution in [-0.4, -0.2) is 33.3 Å². The summed E-state index contributed by atoms with van der Waals surface area (Å²) in [4.78, 5) is 8.51. The van der Waals surface area contributed by atoms with E-state index in [0.29, 0.717) is 5.15 Å². The van der Waals surface area contributed by atoms with Gasteiger partial charge < -0.3 is 15.2 Å². The van der Waals surface area contributed by atoms with Gasteiger partial charge in [-0.05, 0) is 75.2 Å². The molecule has 0 unspecified atom stereocenters. The molecule has 5 nitrogen and oxygen atoms in total. The molecule has 0 saturated heterocycles. The molecule has 2 atom stereocenters. The van der Waals surface area contributed by atoms with Crippen LogP contribution in [0.15, 0.2) is 42.7 Å². The molecule has 1 aromatic carbocycles. The molecule has 146 valence electrons. The number of pyridine rings is 2. The fourth-order valence-corrected chi connectivity index (χ4v) is 4.04. The maximum Gasteiger partial charge on any atom is 0.131 e. The first-order valence-electron chi connectivity index (χ1n) is 9.45. The largest absolute Gasteiger partial charge is 0.485 e. The highest BCUT2D eigenvalue weighted by atomic mass is 35.5. The van der Waals surface area contributed by atoms with Gasteiger partial charge in [0.05, 0.1) is 11.6 Å². The second kappa shape index (κ2) is 7.32. The van der Waals surface area contributed by atoms with E-state index >= 15 is 0 Å². The fraction of sp³-hybridized carbons (Fsp3) is 0.364. The van der Waals surface area contributed by atoms with Crippen LogP contribution in [0.5, 0.6) is 5.75 Å². The van der Waals surface area contributed by atoms with Crippen molar-refractivity contribution in [3.05, 3.63) is 64.6 Å². The van der Waals surface area contributed by atoms with Gasteiger partial charge in [-0.25, -0.2) is 4.98 Å². The molecule has 6 heteroatoms. The number of aliphatic hydroxyl groups is 1. The molecule has 3 heterocycles. The summed E-state index contributed by atoms with van der Waals surface area (Å²) < 4.78 is 6.16. The van der Waals surface area contributed by atoms with E-state index in [1.807, 2.05) is 51.1 Å². The lowest BCUT2D eigenvalue weighted by atomic mass is 9.85. The summed E-state index contributed by atoms with van der Waals surface area (Å²) in [6.07, 6.45) is 3.73. The lowest BCUT2D eigenvalue weighted by Crippen LogP contribution is -2.52. The van der Waals surface area contributed by atoms with Gasteiger partial charge in [-0.2, -0.15) is 0 Å². The lowest BCUT2D eigenvalue weighted by molar-refractivity contribution is -0.0642. The van der Waals surface area contributed by atoms with Crippen LogP contribution in [0.25, 0.3) is 10.9 Å². The Morgan fingerprint density at radius 3 is 2.71 bits per heavy atom. The molecule has 0 bridgehead atoms. The maximum atomic E-state index is 11.0. The minimum Gasteiger partial charge on any atom is -0.485 e. The predicted octanol–water partition coefficient (Wildman–Crippen LogP) is 4.00. The molecule has 28 heavy (non-hydrogen) atoms. The molecular formula is C22H24ClN3O2. The van der Waals surface area contributed by atoms with Gasteiger partial charge in [-0.15, -0.1) is 0 Å². The standard InChI is InChI=1S/C22H24ClN3O2/c1-13-10-19(23)26-17-11-16-18(12-15(13)17)28-22(2,3)21(27)20(16)25-9-6-14-4-7-24-8-5-14/h4-5,7-8,10-12,20-21,25,27H,6,9H2,1-3H3/t20-,21+/m0/s1. The first-order chi connectivity index (χ1) is 13.3. The molecule has 3 aromatic rings. The van der Waals surface area contributed by atoms with Crippen LogP contribution in [0.4, 0.5) is 0 Å². The monoisotopic (exact) mass is 397 g/mol. The molecule has 0 fully saturated rings. The molecule has 0 aliphatic carbocycles. The summed E-state index contributed by atoms with van der Waals surface area (Å²) >= 11 is 6.16. The second-order valence-electron chi connectivity index (χ2n) is 7.86. The Bertz CT molecular complexity index is 1010. The zero-order valence-electron chi connectivity index (χ0n) is 16.2. The SMILES string of the molecule is Cc1cc(Cl)nc2cc3c(cc12)OC(C)(C)[C@H](O)[C@H]3NCCc1ccncc1. The van der Waals surface area contributed by atoms with Gasteiger partial charge in [0, 0.05) is 23.3 Å². The van der Waals surface area contributed by atoms with Crippen molar-refractivity contribution in [1.82, 2.24) is 15.3 Å². The van der Waals surface area contributed by atoms with Crippen LogP contribution in [-0.2, 0) is 6.42 Å². The average Bonchev–Trinajstić information content (AvgIpc) is 2.65. The number of rotatable bonds is 4. The zero-order chi connectivity index (χ0) is 19.9. The first-order valence-corrected chi connectivity index (χ1v) is 9.83. The summed E-state index contributed by atoms with van der Waals surface area (Å²) in [5, 5.41) is 16.0. The number of aryl methyl sites for hydroxylation is 1. The van der Waals surface area contributed by atoms with Crippen LogP contribution in [0, 0.1) is 6.92 Å². The third-order valence-electron chi connectivity index (χ3n) is 5.38. The number of fused-ring (bicyclic) bond motifs is 2. The summed E-state index contributed by atoms with van der Waals surface area (Å²) in [6, 6.07) is 9.58. The van der Waals surface area contributed by atoms with E-state index < -0.39 is 11.7 Å². The molecule has 1 aliphatic rings. The van der Waals surface area contributed by atoms with Gasteiger partial charge >= 0.3 is 0 Å². The predicted molar refractivity (Wildman–Crippen MR) is 111 cm³/mol. The molecule has 0 spiro atoms. The minimum absolute atomic E-state index is 0.258. The van der Waals surface area contributed by atoms with Crippen molar-refractivity contribution in [2.45, 2.75) is 44.9 Å². The molecule has 2 N–H and O–H groups in total. The Labute approximate surface area is 169 Å². The normalized spacial score (nSPS) is 20.6. The highest BCUT2D eigenvalue weighted by Crippen LogP contribution is 2.42. The number of nitrogens with one attached hydrogen (secondary N) is 1. The van der Waals surface area contributed by atoms with Gasteiger partial charge in [-0.3, -0.25) is 4.98 Å². The van der Waals surface area contributed by atoms with Gasteiger partial charge in [0.25, 0.3) is 0 Å². The zero-order valence-corrected chi connectivity index (χ0v) is 17.0. The summed E-state index contributed by atoms with van der Waals surface area (Å²) in [5.74, 6) is 0.774. The van der Waals surface area contributed by atoms with E-state index in [-0.39, 0.29) is 6.04 Å². The van der Waals surface area contributed by atoms with E-state index in [1.54, 1.807) is 12.4 Å². The third kappa shape index (κ3) is 3.58. The van der Waals surface area contributed by atoms with Crippen LogP contribution in [0.3, 0.4) is 0 Å². The van der Waals surface area contributed by atoms with Gasteiger partial charge in [0.15, 0.2) is 0 Å². The Hall–Kier alpha value is -2.21. The summed E-state index contributed by atoms with van der Waals surface area (Å²) in [5.41, 5.74) is 3.25. The number of nitrogens with zero attached hydrogens (tertiary/aromatic N) is 2. The molecular weight excluding hydrogens is 374 g/mol. The topological polar surface area (TPSA) is 67.3 Å². The Balaban J connectivity index is 1.68. The van der Waals surface area contributed by atoms with Crippen molar-refractivity contribution < 1.29 is 9.84 Å². The Morgan fingerprint density at radius 1 is 1.21 bits per heavy atom.